The van der Waals surface area contributed by atoms with Crippen molar-refractivity contribution in [2.75, 3.05) is 0 Å². The molecule has 0 aliphatic carbocycles. The number of halogens is 1. The van der Waals surface area contributed by atoms with E-state index in [0.717, 1.165) is 5.56 Å². The van der Waals surface area contributed by atoms with Gasteiger partial charge < -0.3 is 4.52 Å². The fourth-order valence-corrected chi connectivity index (χ4v) is 2.87. The number of nitro benzene ring substituents is 1. The summed E-state index contributed by atoms with van der Waals surface area (Å²) in [6.07, 6.45) is 0. The Bertz CT molecular complexity index is 942. The van der Waals surface area contributed by atoms with E-state index in [1.54, 1.807) is 12.1 Å². The van der Waals surface area contributed by atoms with Crippen molar-refractivity contribution >= 4 is 17.3 Å². The molecule has 0 aliphatic heterocycles. The van der Waals surface area contributed by atoms with Gasteiger partial charge in [-0.25, -0.2) is 0 Å². The van der Waals surface area contributed by atoms with Gasteiger partial charge in [0.05, 0.1) is 11.5 Å². The predicted octanol–water partition coefficient (Wildman–Crippen LogP) is 4.71. The first-order valence-electron chi connectivity index (χ1n) is 8.48. The molecule has 140 valence electrons. The number of non-ortho nitro benzene ring substituents is 1. The van der Waals surface area contributed by atoms with E-state index in [-0.39, 0.29) is 11.7 Å². The van der Waals surface area contributed by atoms with Gasteiger partial charge in [0.1, 0.15) is 0 Å². The van der Waals surface area contributed by atoms with Crippen molar-refractivity contribution < 1.29 is 9.45 Å². The molecule has 0 radical (unpaired) electrons. The molecule has 7 nitrogen and oxygen atoms in total. The van der Waals surface area contributed by atoms with Gasteiger partial charge in [0, 0.05) is 35.3 Å². The molecule has 0 saturated heterocycles. The Morgan fingerprint density at radius 3 is 2.67 bits per heavy atom. The molecule has 0 spiro atoms. The summed E-state index contributed by atoms with van der Waals surface area (Å²) in [6.45, 7) is 5.32. The third-order valence-corrected chi connectivity index (χ3v) is 4.36. The van der Waals surface area contributed by atoms with Gasteiger partial charge in [-0.3, -0.25) is 15.0 Å². The quantitative estimate of drug-likeness (QED) is 0.432. The van der Waals surface area contributed by atoms with Gasteiger partial charge in [-0.1, -0.05) is 41.0 Å². The number of benzene rings is 2. The molecule has 0 amide bonds. The second-order valence-corrected chi connectivity index (χ2v) is 6.88. The number of nitrogens with zero attached hydrogens (tertiary/aromatic N) is 4. The lowest BCUT2D eigenvalue weighted by atomic mass is 10.2. The maximum absolute atomic E-state index is 10.9. The van der Waals surface area contributed by atoms with Crippen molar-refractivity contribution in [1.29, 1.82) is 0 Å². The van der Waals surface area contributed by atoms with Crippen LogP contribution >= 0.6 is 11.6 Å². The van der Waals surface area contributed by atoms with Crippen molar-refractivity contribution in [3.05, 3.63) is 75.1 Å². The van der Waals surface area contributed by atoms with Gasteiger partial charge in [-0.2, -0.15) is 4.98 Å². The maximum atomic E-state index is 10.9. The topological polar surface area (TPSA) is 85.3 Å². The van der Waals surface area contributed by atoms with Crippen LogP contribution in [0.3, 0.4) is 0 Å². The first-order chi connectivity index (χ1) is 12.9. The average Bonchev–Trinajstić information content (AvgIpc) is 3.10. The molecule has 0 atom stereocenters. The molecule has 8 heteroatoms. The van der Waals surface area contributed by atoms with E-state index in [2.05, 4.69) is 28.9 Å². The third-order valence-electron chi connectivity index (χ3n) is 4.13. The highest BCUT2D eigenvalue weighted by Gasteiger charge is 2.17. The lowest BCUT2D eigenvalue weighted by Crippen LogP contribution is -2.30. The Morgan fingerprint density at radius 1 is 1.19 bits per heavy atom. The van der Waals surface area contributed by atoms with Crippen LogP contribution in [0.1, 0.15) is 25.3 Å². The molecule has 0 unspecified atom stereocenters. The highest BCUT2D eigenvalue weighted by molar-refractivity contribution is 6.30. The molecule has 0 bridgehead atoms. The molecular weight excluding hydrogens is 368 g/mol. The molecule has 0 saturated carbocycles. The number of hydrogen-bond donors (Lipinski definition) is 0. The Labute approximate surface area is 161 Å². The van der Waals surface area contributed by atoms with E-state index in [0.29, 0.717) is 35.4 Å². The largest absolute Gasteiger partial charge is 0.338 e. The first-order valence-corrected chi connectivity index (χ1v) is 8.86. The van der Waals surface area contributed by atoms with Crippen LogP contribution in [0.25, 0.3) is 11.4 Å². The second kappa shape index (κ2) is 8.28. The average molecular weight is 387 g/mol. The van der Waals surface area contributed by atoms with Crippen LogP contribution in [0.15, 0.2) is 53.1 Å². The molecule has 27 heavy (non-hydrogen) atoms. The molecule has 0 fully saturated rings. The smallest absolute Gasteiger partial charge is 0.270 e. The van der Waals surface area contributed by atoms with Crippen molar-refractivity contribution in [2.24, 2.45) is 0 Å². The van der Waals surface area contributed by atoms with Crippen LogP contribution in [-0.4, -0.2) is 26.0 Å². The number of aromatic nitrogens is 2. The minimum Gasteiger partial charge on any atom is -0.338 e. The normalized spacial score (nSPS) is 11.3. The monoisotopic (exact) mass is 386 g/mol. The van der Waals surface area contributed by atoms with Gasteiger partial charge in [-0.05, 0) is 31.5 Å². The molecule has 3 rings (SSSR count). The molecule has 2 aromatic carbocycles. The summed E-state index contributed by atoms with van der Waals surface area (Å²) < 4.78 is 5.36. The van der Waals surface area contributed by atoms with Crippen LogP contribution in [-0.2, 0) is 13.1 Å². The summed E-state index contributed by atoms with van der Waals surface area (Å²) in [7, 11) is 0. The van der Waals surface area contributed by atoms with E-state index in [1.165, 1.54) is 12.1 Å². The van der Waals surface area contributed by atoms with Gasteiger partial charge in [-0.15, -0.1) is 0 Å². The summed E-state index contributed by atoms with van der Waals surface area (Å²) in [5.74, 6) is 0.785. The van der Waals surface area contributed by atoms with E-state index < -0.39 is 4.92 Å². The highest BCUT2D eigenvalue weighted by atomic mass is 35.5. The molecule has 1 aromatic heterocycles. The Hall–Kier alpha value is -2.77. The number of hydrogen-bond acceptors (Lipinski definition) is 6. The second-order valence-electron chi connectivity index (χ2n) is 6.45. The van der Waals surface area contributed by atoms with Gasteiger partial charge in [0.25, 0.3) is 5.69 Å². The summed E-state index contributed by atoms with van der Waals surface area (Å²) in [5, 5.41) is 15.6. The Kier molecular flexibility index (Phi) is 5.83. The van der Waals surface area contributed by atoms with E-state index >= 15 is 0 Å². The zero-order chi connectivity index (χ0) is 19.4. The van der Waals surface area contributed by atoms with Crippen molar-refractivity contribution in [3.8, 4) is 11.4 Å². The Balaban J connectivity index is 1.76. The predicted molar refractivity (Wildman–Crippen MR) is 102 cm³/mol. The fraction of sp³-hybridized carbons (Fsp3) is 0.263. The third kappa shape index (κ3) is 4.90. The highest BCUT2D eigenvalue weighted by Crippen LogP contribution is 2.22. The molecule has 0 aliphatic rings. The zero-order valence-corrected chi connectivity index (χ0v) is 15.8. The summed E-state index contributed by atoms with van der Waals surface area (Å²) in [6, 6.07) is 14.1. The van der Waals surface area contributed by atoms with Crippen molar-refractivity contribution in [2.45, 2.75) is 33.0 Å². The van der Waals surface area contributed by atoms with Crippen LogP contribution < -0.4 is 0 Å². The fourth-order valence-electron chi connectivity index (χ4n) is 2.66. The minimum atomic E-state index is -0.448. The summed E-state index contributed by atoms with van der Waals surface area (Å²) >= 11 is 6.07. The SMILES string of the molecule is CC(C)N(Cc1cccc(Cl)c1)Cc1nc(-c2cccc([N+](=O)[O-])c2)no1. The molecule has 1 heterocycles. The van der Waals surface area contributed by atoms with Gasteiger partial charge in [0.2, 0.25) is 11.7 Å². The standard InChI is InChI=1S/C19H19ClN4O3/c1-13(2)23(11-14-5-3-7-16(20)9-14)12-18-21-19(22-27-18)15-6-4-8-17(10-15)24(25)26/h3-10,13H,11-12H2,1-2H3. The van der Waals surface area contributed by atoms with E-state index in [4.69, 9.17) is 16.1 Å². The van der Waals surface area contributed by atoms with Gasteiger partial charge >= 0.3 is 0 Å². The van der Waals surface area contributed by atoms with Crippen LogP contribution in [0.4, 0.5) is 5.69 Å². The molecule has 3 aromatic rings. The maximum Gasteiger partial charge on any atom is 0.270 e. The molecular formula is C19H19ClN4O3. The van der Waals surface area contributed by atoms with E-state index in [1.807, 2.05) is 24.3 Å². The van der Waals surface area contributed by atoms with Crippen LogP contribution in [0.2, 0.25) is 5.02 Å². The van der Waals surface area contributed by atoms with Crippen LogP contribution in [0, 0.1) is 10.1 Å². The molecule has 0 N–H and O–H groups in total. The minimum absolute atomic E-state index is 0.0105. The lowest BCUT2D eigenvalue weighted by Gasteiger charge is -2.24. The number of rotatable bonds is 7. The Morgan fingerprint density at radius 2 is 1.96 bits per heavy atom. The van der Waals surface area contributed by atoms with Gasteiger partial charge in [0.15, 0.2) is 0 Å². The lowest BCUT2D eigenvalue weighted by molar-refractivity contribution is -0.384. The van der Waals surface area contributed by atoms with Crippen molar-refractivity contribution in [3.63, 3.8) is 0 Å². The van der Waals surface area contributed by atoms with Crippen molar-refractivity contribution in [1.82, 2.24) is 15.0 Å². The summed E-state index contributed by atoms with van der Waals surface area (Å²) in [4.78, 5) is 17.1. The summed E-state index contributed by atoms with van der Waals surface area (Å²) in [5.41, 5.74) is 1.63. The number of nitro groups is 1. The van der Waals surface area contributed by atoms with E-state index in [9.17, 15) is 10.1 Å². The van der Waals surface area contributed by atoms with Crippen LogP contribution in [0.5, 0.6) is 0 Å². The first kappa shape index (κ1) is 19.0. The zero-order valence-electron chi connectivity index (χ0n) is 15.0.